The third-order valence-electron chi connectivity index (χ3n) is 5.72. The lowest BCUT2D eigenvalue weighted by atomic mass is 10.1. The van der Waals surface area contributed by atoms with Gasteiger partial charge in [-0.05, 0) is 42.0 Å². The summed E-state index contributed by atoms with van der Waals surface area (Å²) in [5.74, 6) is -1.88. The summed E-state index contributed by atoms with van der Waals surface area (Å²) in [7, 11) is -2.20. The van der Waals surface area contributed by atoms with E-state index in [9.17, 15) is 22.4 Å². The van der Waals surface area contributed by atoms with Crippen molar-refractivity contribution >= 4 is 33.2 Å². The van der Waals surface area contributed by atoms with E-state index in [0.717, 1.165) is 5.56 Å². The predicted molar refractivity (Wildman–Crippen MR) is 127 cm³/mol. The van der Waals surface area contributed by atoms with Crippen molar-refractivity contribution in [3.8, 4) is 0 Å². The molecule has 7 nitrogen and oxygen atoms in total. The van der Waals surface area contributed by atoms with Crippen molar-refractivity contribution in [1.29, 1.82) is 0 Å². The predicted octanol–water partition coefficient (Wildman–Crippen LogP) is 3.64. The Kier molecular flexibility index (Phi) is 6.76. The monoisotopic (exact) mass is 481 g/mol. The number of nitrogens with one attached hydrogen (secondary N) is 1. The number of amides is 2. The van der Waals surface area contributed by atoms with E-state index in [2.05, 4.69) is 5.32 Å². The van der Waals surface area contributed by atoms with E-state index in [1.807, 2.05) is 30.3 Å². The standard InChI is InChI=1S/C25H24FN3O4S/c1-28(16-18-7-3-2-4-8-18)34(32,33)21-13-11-20(12-14-21)27-25(31)19-15-24(30)29(17-19)23-10-6-5-9-22(23)26/h2-14,19H,15-17H2,1H3,(H,27,31). The Bertz CT molecular complexity index is 1300. The minimum absolute atomic E-state index is 0.0308. The second kappa shape index (κ2) is 9.74. The number of sulfonamides is 1. The summed E-state index contributed by atoms with van der Waals surface area (Å²) in [5, 5.41) is 2.72. The van der Waals surface area contributed by atoms with E-state index >= 15 is 0 Å². The van der Waals surface area contributed by atoms with Crippen molar-refractivity contribution in [2.24, 2.45) is 5.92 Å². The first-order valence-corrected chi connectivity index (χ1v) is 12.2. The smallest absolute Gasteiger partial charge is 0.243 e. The van der Waals surface area contributed by atoms with Gasteiger partial charge in [-0.15, -0.1) is 0 Å². The van der Waals surface area contributed by atoms with Gasteiger partial charge in [0.2, 0.25) is 21.8 Å². The average molecular weight is 482 g/mol. The first-order chi connectivity index (χ1) is 16.3. The highest BCUT2D eigenvalue weighted by Gasteiger charge is 2.36. The van der Waals surface area contributed by atoms with E-state index in [-0.39, 0.29) is 41.9 Å². The van der Waals surface area contributed by atoms with Gasteiger partial charge in [-0.25, -0.2) is 12.8 Å². The molecule has 2 amide bonds. The lowest BCUT2D eigenvalue weighted by molar-refractivity contribution is -0.122. The topological polar surface area (TPSA) is 86.8 Å². The number of hydrogen-bond donors (Lipinski definition) is 1. The number of benzene rings is 3. The molecular formula is C25H24FN3O4S. The summed E-state index contributed by atoms with van der Waals surface area (Å²) in [5.41, 5.74) is 1.43. The summed E-state index contributed by atoms with van der Waals surface area (Å²) >= 11 is 0. The van der Waals surface area contributed by atoms with Crippen LogP contribution < -0.4 is 10.2 Å². The Hall–Kier alpha value is -3.56. The Labute approximate surface area is 197 Å². The van der Waals surface area contributed by atoms with E-state index in [0.29, 0.717) is 5.69 Å². The van der Waals surface area contributed by atoms with Crippen LogP contribution in [-0.4, -0.2) is 38.1 Å². The van der Waals surface area contributed by atoms with Gasteiger partial charge in [-0.1, -0.05) is 42.5 Å². The number of para-hydroxylation sites is 1. The molecule has 34 heavy (non-hydrogen) atoms. The zero-order chi connectivity index (χ0) is 24.3. The molecule has 1 N–H and O–H groups in total. The Balaban J connectivity index is 1.40. The molecule has 9 heteroatoms. The molecule has 0 aromatic heterocycles. The van der Waals surface area contributed by atoms with Gasteiger partial charge in [0.05, 0.1) is 16.5 Å². The highest BCUT2D eigenvalue weighted by atomic mass is 32.2. The van der Waals surface area contributed by atoms with E-state index in [1.165, 1.54) is 58.7 Å². The molecule has 1 unspecified atom stereocenters. The van der Waals surface area contributed by atoms with Crippen LogP contribution in [0.4, 0.5) is 15.8 Å². The van der Waals surface area contributed by atoms with E-state index in [1.54, 1.807) is 6.07 Å². The number of nitrogens with zero attached hydrogens (tertiary/aromatic N) is 2. The molecule has 176 valence electrons. The number of carbonyl (C=O) groups is 2. The fraction of sp³-hybridized carbons (Fsp3) is 0.200. The average Bonchev–Trinajstić information content (AvgIpc) is 3.22. The molecule has 0 bridgehead atoms. The first kappa shape index (κ1) is 23.6. The van der Waals surface area contributed by atoms with Crippen LogP contribution in [-0.2, 0) is 26.2 Å². The van der Waals surface area contributed by atoms with Crippen LogP contribution in [0.15, 0.2) is 83.8 Å². The zero-order valence-corrected chi connectivity index (χ0v) is 19.3. The minimum Gasteiger partial charge on any atom is -0.326 e. The second-order valence-corrected chi connectivity index (χ2v) is 10.2. The highest BCUT2D eigenvalue weighted by Crippen LogP contribution is 2.28. The molecule has 1 aliphatic rings. The number of rotatable bonds is 7. The fourth-order valence-corrected chi connectivity index (χ4v) is 5.01. The van der Waals surface area contributed by atoms with Gasteiger partial charge in [0.1, 0.15) is 5.82 Å². The molecule has 3 aromatic rings. The zero-order valence-electron chi connectivity index (χ0n) is 18.5. The van der Waals surface area contributed by atoms with Gasteiger partial charge in [-0.3, -0.25) is 9.59 Å². The molecule has 0 saturated carbocycles. The van der Waals surface area contributed by atoms with Crippen LogP contribution >= 0.6 is 0 Å². The first-order valence-electron chi connectivity index (χ1n) is 10.7. The molecule has 4 rings (SSSR count). The third-order valence-corrected chi connectivity index (χ3v) is 7.53. The summed E-state index contributed by atoms with van der Waals surface area (Å²) in [4.78, 5) is 26.4. The number of anilines is 2. The van der Waals surface area contributed by atoms with Crippen LogP contribution in [0.25, 0.3) is 0 Å². The SMILES string of the molecule is CN(Cc1ccccc1)S(=O)(=O)c1ccc(NC(=O)C2CC(=O)N(c3ccccc3F)C2)cc1. The summed E-state index contributed by atoms with van der Waals surface area (Å²) in [6.07, 6.45) is -0.0308. The van der Waals surface area contributed by atoms with Gasteiger partial charge in [0.15, 0.2) is 0 Å². The van der Waals surface area contributed by atoms with Crippen LogP contribution in [0, 0.1) is 11.7 Å². The van der Waals surface area contributed by atoms with Crippen molar-refractivity contribution in [3.63, 3.8) is 0 Å². The van der Waals surface area contributed by atoms with Crippen molar-refractivity contribution in [2.45, 2.75) is 17.9 Å². The molecule has 0 spiro atoms. The number of hydrogen-bond acceptors (Lipinski definition) is 4. The molecular weight excluding hydrogens is 457 g/mol. The van der Waals surface area contributed by atoms with Gasteiger partial charge >= 0.3 is 0 Å². The largest absolute Gasteiger partial charge is 0.326 e. The van der Waals surface area contributed by atoms with Crippen molar-refractivity contribution in [2.75, 3.05) is 23.8 Å². The third kappa shape index (κ3) is 5.00. The van der Waals surface area contributed by atoms with E-state index in [4.69, 9.17) is 0 Å². The summed E-state index contributed by atoms with van der Waals surface area (Å²) in [6.45, 7) is 0.304. The Morgan fingerprint density at radius 3 is 2.35 bits per heavy atom. The van der Waals surface area contributed by atoms with Crippen molar-refractivity contribution < 1.29 is 22.4 Å². The lowest BCUT2D eigenvalue weighted by Crippen LogP contribution is -2.28. The molecule has 1 atom stereocenters. The maximum absolute atomic E-state index is 14.1. The summed E-state index contributed by atoms with van der Waals surface area (Å²) < 4.78 is 41.1. The minimum atomic E-state index is -3.71. The van der Waals surface area contributed by atoms with Crippen molar-refractivity contribution in [1.82, 2.24) is 4.31 Å². The molecule has 3 aromatic carbocycles. The molecule has 1 saturated heterocycles. The van der Waals surface area contributed by atoms with Gasteiger partial charge in [0.25, 0.3) is 0 Å². The second-order valence-electron chi connectivity index (χ2n) is 8.12. The lowest BCUT2D eigenvalue weighted by Gasteiger charge is -2.18. The normalized spacial score (nSPS) is 16.1. The van der Waals surface area contributed by atoms with Gasteiger partial charge < -0.3 is 10.2 Å². The van der Waals surface area contributed by atoms with Crippen LogP contribution in [0.2, 0.25) is 0 Å². The maximum Gasteiger partial charge on any atom is 0.243 e. The molecule has 1 heterocycles. The fourth-order valence-electron chi connectivity index (χ4n) is 3.85. The molecule has 0 radical (unpaired) electrons. The molecule has 1 aliphatic heterocycles. The number of carbonyl (C=O) groups excluding carboxylic acids is 2. The Morgan fingerprint density at radius 2 is 1.68 bits per heavy atom. The van der Waals surface area contributed by atoms with Gasteiger partial charge in [-0.2, -0.15) is 4.31 Å². The highest BCUT2D eigenvalue weighted by molar-refractivity contribution is 7.89. The van der Waals surface area contributed by atoms with Crippen LogP contribution in [0.3, 0.4) is 0 Å². The van der Waals surface area contributed by atoms with Gasteiger partial charge in [0, 0.05) is 32.2 Å². The van der Waals surface area contributed by atoms with Crippen molar-refractivity contribution in [3.05, 3.63) is 90.2 Å². The maximum atomic E-state index is 14.1. The quantitative estimate of drug-likeness (QED) is 0.558. The molecule has 0 aliphatic carbocycles. The van der Waals surface area contributed by atoms with E-state index < -0.39 is 21.8 Å². The van der Waals surface area contributed by atoms with Crippen LogP contribution in [0.1, 0.15) is 12.0 Å². The number of halogens is 1. The Morgan fingerprint density at radius 1 is 1.03 bits per heavy atom. The molecule has 1 fully saturated rings. The summed E-state index contributed by atoms with van der Waals surface area (Å²) in [6, 6.07) is 21.1. The van der Waals surface area contributed by atoms with Crippen LogP contribution in [0.5, 0.6) is 0 Å².